The maximum atomic E-state index is 13.0. The molecular weight excluding hydrogens is 1210 g/mol. The van der Waals surface area contributed by atoms with Gasteiger partial charge in [0.1, 0.15) is 19.3 Å². The molecule has 0 spiro atoms. The normalized spacial score (nSPS) is 14.0. The monoisotopic (exact) mass is 1350 g/mol. The van der Waals surface area contributed by atoms with Crippen molar-refractivity contribution in [2.24, 2.45) is 5.92 Å². The molecule has 0 amide bonds. The Morgan fingerprint density at radius 1 is 0.293 bits per heavy atom. The summed E-state index contributed by atoms with van der Waals surface area (Å²) in [5.74, 6) is -1.36. The fraction of sp³-hybridized carbons (Fsp3) is 0.945. The lowest BCUT2D eigenvalue weighted by Gasteiger charge is -2.21. The SMILES string of the molecule is CCCCCCCCCCCCCCCCCCCCCCC(=O)O[C@H](COC(=O)CCCCCCCCCCCCC(C)C)COP(=O)(O)OC[C@@H](O)COP(=O)(O)OC[C@@H](COC(=O)CCCCCCCCC)OC(=O)CCCCCCCCCCCCCC. The van der Waals surface area contributed by atoms with E-state index in [-0.39, 0.29) is 25.7 Å². The van der Waals surface area contributed by atoms with Crippen LogP contribution in [-0.4, -0.2) is 96.7 Å². The van der Waals surface area contributed by atoms with Gasteiger partial charge in [-0.25, -0.2) is 9.13 Å². The van der Waals surface area contributed by atoms with Gasteiger partial charge < -0.3 is 33.8 Å². The number of carbonyl (C=O) groups is 4. The van der Waals surface area contributed by atoms with E-state index in [0.717, 1.165) is 109 Å². The fourth-order valence-corrected chi connectivity index (χ4v) is 12.8. The number of ether oxygens (including phenoxy) is 4. The third-order valence-electron chi connectivity index (χ3n) is 17.0. The second kappa shape index (κ2) is 66.3. The molecule has 2 unspecified atom stereocenters. The number of hydrogen-bond donors (Lipinski definition) is 3. The zero-order chi connectivity index (χ0) is 67.7. The second-order valence-corrected chi connectivity index (χ2v) is 29.7. The standard InChI is InChI=1S/C73H142O17P2/c1-6-9-12-15-18-20-22-24-25-26-27-28-29-30-31-33-39-44-49-54-59-73(78)90-69(63-84-71(76)57-52-47-42-37-35-34-36-41-45-50-55-66(4)5)65-88-92(81,82)86-61-67(74)60-85-91(79,80)87-64-68(62-83-70(75)56-51-46-40-17-14-11-8-3)89-72(77)58-53-48-43-38-32-23-21-19-16-13-10-7-2/h66-69,74H,6-65H2,1-5H3,(H,79,80)(H,81,82)/t67-,68+,69+/m0/s1. The van der Waals surface area contributed by atoms with Crippen LogP contribution in [0.25, 0.3) is 0 Å². The highest BCUT2D eigenvalue weighted by atomic mass is 31.2. The molecule has 0 aliphatic carbocycles. The van der Waals surface area contributed by atoms with E-state index < -0.39 is 97.5 Å². The van der Waals surface area contributed by atoms with Gasteiger partial charge >= 0.3 is 39.5 Å². The van der Waals surface area contributed by atoms with E-state index in [2.05, 4.69) is 34.6 Å². The third-order valence-corrected chi connectivity index (χ3v) is 18.9. The molecule has 5 atom stereocenters. The molecule has 0 saturated heterocycles. The molecule has 546 valence electrons. The van der Waals surface area contributed by atoms with Gasteiger partial charge in [0.2, 0.25) is 0 Å². The number of phosphoric ester groups is 2. The van der Waals surface area contributed by atoms with Gasteiger partial charge in [0.15, 0.2) is 12.2 Å². The highest BCUT2D eigenvalue weighted by molar-refractivity contribution is 7.47. The van der Waals surface area contributed by atoms with Crippen molar-refractivity contribution in [3.8, 4) is 0 Å². The summed E-state index contributed by atoms with van der Waals surface area (Å²) in [6.45, 7) is 7.22. The molecule has 0 fully saturated rings. The van der Waals surface area contributed by atoms with E-state index in [4.69, 9.17) is 37.0 Å². The highest BCUT2D eigenvalue weighted by Gasteiger charge is 2.30. The molecule has 0 radical (unpaired) electrons. The molecular formula is C73H142O17P2. The van der Waals surface area contributed by atoms with Crippen molar-refractivity contribution < 1.29 is 80.2 Å². The minimum Gasteiger partial charge on any atom is -0.462 e. The predicted molar refractivity (Wildman–Crippen MR) is 372 cm³/mol. The Labute approximate surface area is 562 Å². The van der Waals surface area contributed by atoms with Crippen LogP contribution in [0.2, 0.25) is 0 Å². The van der Waals surface area contributed by atoms with Gasteiger partial charge in [0, 0.05) is 25.7 Å². The number of aliphatic hydroxyl groups is 1. The summed E-state index contributed by atoms with van der Waals surface area (Å²) in [7, 11) is -9.90. The largest absolute Gasteiger partial charge is 0.472 e. The van der Waals surface area contributed by atoms with Gasteiger partial charge in [-0.1, -0.05) is 330 Å². The number of aliphatic hydroxyl groups excluding tert-OH is 1. The number of esters is 4. The average Bonchev–Trinajstić information content (AvgIpc) is 3.74. The summed E-state index contributed by atoms with van der Waals surface area (Å²) in [5.41, 5.74) is 0. The summed E-state index contributed by atoms with van der Waals surface area (Å²) in [5, 5.41) is 10.6. The molecule has 0 heterocycles. The Kier molecular flexibility index (Phi) is 64.9. The predicted octanol–water partition coefficient (Wildman–Crippen LogP) is 21.3. The summed E-state index contributed by atoms with van der Waals surface area (Å²) in [6.07, 6.45) is 54.3. The van der Waals surface area contributed by atoms with Crippen LogP contribution in [0.5, 0.6) is 0 Å². The van der Waals surface area contributed by atoms with Crippen molar-refractivity contribution in [2.45, 2.75) is 400 Å². The molecule has 19 heteroatoms. The maximum Gasteiger partial charge on any atom is 0.472 e. The number of phosphoric acid groups is 2. The highest BCUT2D eigenvalue weighted by Crippen LogP contribution is 2.45. The molecule has 92 heavy (non-hydrogen) atoms. The smallest absolute Gasteiger partial charge is 0.462 e. The van der Waals surface area contributed by atoms with Crippen LogP contribution < -0.4 is 0 Å². The zero-order valence-corrected chi connectivity index (χ0v) is 61.5. The number of hydrogen-bond acceptors (Lipinski definition) is 15. The first-order chi connectivity index (χ1) is 44.5. The lowest BCUT2D eigenvalue weighted by atomic mass is 10.0. The van der Waals surface area contributed by atoms with Crippen LogP contribution in [0.4, 0.5) is 0 Å². The molecule has 0 aromatic rings. The second-order valence-electron chi connectivity index (χ2n) is 26.8. The molecule has 0 aliphatic rings. The summed E-state index contributed by atoms with van der Waals surface area (Å²) in [4.78, 5) is 72.5. The van der Waals surface area contributed by atoms with Crippen LogP contribution in [0.1, 0.15) is 381 Å². The van der Waals surface area contributed by atoms with E-state index in [9.17, 15) is 43.2 Å². The quantitative estimate of drug-likeness (QED) is 0.0222. The summed E-state index contributed by atoms with van der Waals surface area (Å²) < 4.78 is 68.3. The molecule has 0 aromatic heterocycles. The van der Waals surface area contributed by atoms with Crippen LogP contribution >= 0.6 is 15.6 Å². The first-order valence-electron chi connectivity index (χ1n) is 38.1. The first kappa shape index (κ1) is 90.1. The van der Waals surface area contributed by atoms with Crippen molar-refractivity contribution in [3.63, 3.8) is 0 Å². The Bertz CT molecular complexity index is 1770. The molecule has 3 N–H and O–H groups in total. The average molecular weight is 1350 g/mol. The van der Waals surface area contributed by atoms with Crippen molar-refractivity contribution in [2.75, 3.05) is 39.6 Å². The van der Waals surface area contributed by atoms with Crippen LogP contribution in [0.3, 0.4) is 0 Å². The molecule has 0 aliphatic heterocycles. The molecule has 0 saturated carbocycles. The molecule has 0 bridgehead atoms. The molecule has 17 nitrogen and oxygen atoms in total. The summed E-state index contributed by atoms with van der Waals surface area (Å²) >= 11 is 0. The topological polar surface area (TPSA) is 237 Å². The van der Waals surface area contributed by atoms with Crippen molar-refractivity contribution in [1.82, 2.24) is 0 Å². The van der Waals surface area contributed by atoms with Crippen LogP contribution in [-0.2, 0) is 65.4 Å². The minimum atomic E-state index is -4.95. The number of carbonyl (C=O) groups excluding carboxylic acids is 4. The third kappa shape index (κ3) is 66.7. The van der Waals surface area contributed by atoms with Gasteiger partial charge in [0.25, 0.3) is 0 Å². The summed E-state index contributed by atoms with van der Waals surface area (Å²) in [6, 6.07) is 0. The van der Waals surface area contributed by atoms with Gasteiger partial charge in [-0.2, -0.15) is 0 Å². The lowest BCUT2D eigenvalue weighted by molar-refractivity contribution is -0.161. The lowest BCUT2D eigenvalue weighted by Crippen LogP contribution is -2.30. The Morgan fingerprint density at radius 2 is 0.500 bits per heavy atom. The molecule has 0 rings (SSSR count). The van der Waals surface area contributed by atoms with E-state index in [0.29, 0.717) is 25.7 Å². The van der Waals surface area contributed by atoms with Gasteiger partial charge in [-0.15, -0.1) is 0 Å². The number of unbranched alkanes of at least 4 members (excludes halogenated alkanes) is 45. The maximum absolute atomic E-state index is 13.0. The van der Waals surface area contributed by atoms with Gasteiger partial charge in [-0.3, -0.25) is 37.3 Å². The van der Waals surface area contributed by atoms with Crippen LogP contribution in [0.15, 0.2) is 0 Å². The Morgan fingerprint density at radius 3 is 0.739 bits per heavy atom. The fourth-order valence-electron chi connectivity index (χ4n) is 11.2. The van der Waals surface area contributed by atoms with Crippen LogP contribution in [0, 0.1) is 5.92 Å². The first-order valence-corrected chi connectivity index (χ1v) is 41.1. The van der Waals surface area contributed by atoms with Gasteiger partial charge in [-0.05, 0) is 31.6 Å². The van der Waals surface area contributed by atoms with E-state index in [1.807, 2.05) is 0 Å². The zero-order valence-electron chi connectivity index (χ0n) is 59.7. The molecule has 0 aromatic carbocycles. The van der Waals surface area contributed by atoms with Gasteiger partial charge in [0.05, 0.1) is 26.4 Å². The number of rotatable bonds is 73. The van der Waals surface area contributed by atoms with E-state index >= 15 is 0 Å². The van der Waals surface area contributed by atoms with Crippen molar-refractivity contribution in [3.05, 3.63) is 0 Å². The van der Waals surface area contributed by atoms with E-state index in [1.165, 1.54) is 193 Å². The van der Waals surface area contributed by atoms with Crippen molar-refractivity contribution >= 4 is 39.5 Å². The van der Waals surface area contributed by atoms with Crippen molar-refractivity contribution in [1.29, 1.82) is 0 Å². The van der Waals surface area contributed by atoms with E-state index in [1.54, 1.807) is 0 Å². The minimum absolute atomic E-state index is 0.107. The Hall–Kier alpha value is -1.94. The Balaban J connectivity index is 5.17.